The molecule has 1 aliphatic rings. The lowest BCUT2D eigenvalue weighted by Gasteiger charge is -1.80. The van der Waals surface area contributed by atoms with Gasteiger partial charge in [0.2, 0.25) is 0 Å². The molecule has 44 valence electrons. The largest absolute Gasteiger partial charge is 0.106 e. The molecule has 0 spiro atoms. The van der Waals surface area contributed by atoms with E-state index in [2.05, 4.69) is 18.8 Å². The quantitative estimate of drug-likeness (QED) is 0.451. The average Bonchev–Trinajstić information content (AvgIpc) is 2.48. The second-order valence-corrected chi connectivity index (χ2v) is 2.40. The minimum absolute atomic E-state index is 0.769. The Labute approximate surface area is 51.3 Å². The highest BCUT2D eigenvalue weighted by molar-refractivity contribution is 5.10. The first-order valence-corrected chi connectivity index (χ1v) is 3.30. The maximum Gasteiger partial charge on any atom is 0.0234 e. The summed E-state index contributed by atoms with van der Waals surface area (Å²) in [7, 11) is 0. The third-order valence-electron chi connectivity index (χ3n) is 1.78. The van der Waals surface area contributed by atoms with E-state index in [0.717, 1.165) is 11.8 Å². The molecule has 0 aromatic carbocycles. The van der Waals surface area contributed by atoms with Crippen molar-refractivity contribution in [2.75, 3.05) is 0 Å². The molecule has 0 heterocycles. The maximum absolute atomic E-state index is 3.17. The second kappa shape index (κ2) is 2.22. The first kappa shape index (κ1) is 5.69. The van der Waals surface area contributed by atoms with E-state index in [1.807, 2.05) is 6.92 Å². The summed E-state index contributed by atoms with van der Waals surface area (Å²) in [6.07, 6.45) is 2.68. The zero-order chi connectivity index (χ0) is 5.98. The zero-order valence-corrected chi connectivity index (χ0v) is 5.57. The average molecular weight is 108 g/mol. The Hall–Kier alpha value is -0.440. The second-order valence-electron chi connectivity index (χ2n) is 2.40. The third-order valence-corrected chi connectivity index (χ3v) is 1.78. The minimum Gasteiger partial charge on any atom is -0.106 e. The maximum atomic E-state index is 3.17. The molecule has 0 bridgehead atoms. The molecular formula is C8H12. The monoisotopic (exact) mass is 108 g/mol. The molecule has 0 saturated heterocycles. The summed E-state index contributed by atoms with van der Waals surface area (Å²) in [5, 5.41) is 0. The lowest BCUT2D eigenvalue weighted by atomic mass is 10.2. The first-order valence-electron chi connectivity index (χ1n) is 3.30. The van der Waals surface area contributed by atoms with Crippen molar-refractivity contribution in [3.63, 3.8) is 0 Å². The van der Waals surface area contributed by atoms with E-state index in [1.165, 1.54) is 12.8 Å². The molecule has 1 aliphatic carbocycles. The molecule has 0 amide bonds. The van der Waals surface area contributed by atoms with Gasteiger partial charge in [0.1, 0.15) is 0 Å². The van der Waals surface area contributed by atoms with E-state index in [9.17, 15) is 0 Å². The highest BCUT2D eigenvalue weighted by atomic mass is 14.4. The molecule has 0 heteroatoms. The molecule has 2 unspecified atom stereocenters. The summed E-state index contributed by atoms with van der Waals surface area (Å²) in [5.74, 6) is 7.83. The Morgan fingerprint density at radius 2 is 2.38 bits per heavy atom. The van der Waals surface area contributed by atoms with Crippen molar-refractivity contribution in [2.45, 2.75) is 26.7 Å². The Bertz CT molecular complexity index is 125. The Balaban J connectivity index is 2.23. The summed E-state index contributed by atoms with van der Waals surface area (Å²) in [4.78, 5) is 0. The van der Waals surface area contributed by atoms with Crippen molar-refractivity contribution >= 4 is 0 Å². The molecule has 2 atom stereocenters. The van der Waals surface area contributed by atoms with Crippen LogP contribution in [0.15, 0.2) is 0 Å². The van der Waals surface area contributed by atoms with Gasteiger partial charge in [-0.1, -0.05) is 19.3 Å². The third kappa shape index (κ3) is 1.04. The fraction of sp³-hybridized carbons (Fsp3) is 0.750. The van der Waals surface area contributed by atoms with Gasteiger partial charge in [-0.2, -0.15) is 0 Å². The normalized spacial score (nSPS) is 33.2. The van der Waals surface area contributed by atoms with Crippen LogP contribution in [0.2, 0.25) is 0 Å². The van der Waals surface area contributed by atoms with E-state index in [4.69, 9.17) is 0 Å². The predicted octanol–water partition coefficient (Wildman–Crippen LogP) is 2.06. The van der Waals surface area contributed by atoms with Crippen LogP contribution in [0, 0.1) is 23.7 Å². The van der Waals surface area contributed by atoms with Gasteiger partial charge in [0.25, 0.3) is 0 Å². The van der Waals surface area contributed by atoms with E-state index in [-0.39, 0.29) is 0 Å². The van der Waals surface area contributed by atoms with Gasteiger partial charge >= 0.3 is 0 Å². The van der Waals surface area contributed by atoms with Crippen molar-refractivity contribution in [3.05, 3.63) is 0 Å². The van der Waals surface area contributed by atoms with E-state index in [0.29, 0.717) is 0 Å². The fourth-order valence-electron chi connectivity index (χ4n) is 1.06. The van der Waals surface area contributed by atoms with Crippen molar-refractivity contribution in [1.82, 2.24) is 0 Å². The Morgan fingerprint density at radius 3 is 2.75 bits per heavy atom. The van der Waals surface area contributed by atoms with Gasteiger partial charge in [-0.15, -0.1) is 5.92 Å². The lowest BCUT2D eigenvalue weighted by molar-refractivity contribution is 0.764. The van der Waals surface area contributed by atoms with Crippen LogP contribution >= 0.6 is 0 Å². The Kier molecular flexibility index (Phi) is 1.58. The van der Waals surface area contributed by atoms with Crippen molar-refractivity contribution in [1.29, 1.82) is 0 Å². The molecular weight excluding hydrogens is 96.1 g/mol. The summed E-state index contributed by atoms with van der Waals surface area (Å²) in [6, 6.07) is 0. The summed E-state index contributed by atoms with van der Waals surface area (Å²) in [5.41, 5.74) is 0. The van der Waals surface area contributed by atoms with Crippen LogP contribution in [-0.4, -0.2) is 0 Å². The van der Waals surface area contributed by atoms with Gasteiger partial charge in [-0.3, -0.25) is 0 Å². The minimum atomic E-state index is 0.769. The van der Waals surface area contributed by atoms with Crippen LogP contribution in [0.25, 0.3) is 0 Å². The molecule has 1 fully saturated rings. The van der Waals surface area contributed by atoms with Crippen LogP contribution in [0.3, 0.4) is 0 Å². The molecule has 0 aromatic rings. The van der Waals surface area contributed by atoms with Crippen molar-refractivity contribution in [2.24, 2.45) is 11.8 Å². The van der Waals surface area contributed by atoms with Gasteiger partial charge in [0.15, 0.2) is 0 Å². The molecule has 1 saturated carbocycles. The van der Waals surface area contributed by atoms with Crippen LogP contribution in [-0.2, 0) is 0 Å². The van der Waals surface area contributed by atoms with Gasteiger partial charge in [-0.05, 0) is 19.3 Å². The summed E-state index contributed by atoms with van der Waals surface area (Å²) < 4.78 is 0. The van der Waals surface area contributed by atoms with E-state index < -0.39 is 0 Å². The van der Waals surface area contributed by atoms with Crippen molar-refractivity contribution in [3.8, 4) is 11.8 Å². The highest BCUT2D eigenvalue weighted by Crippen LogP contribution is 2.39. The summed E-state index contributed by atoms with van der Waals surface area (Å²) in [6.45, 7) is 4.16. The molecule has 0 radical (unpaired) electrons. The topological polar surface area (TPSA) is 0 Å². The first-order chi connectivity index (χ1) is 3.88. The smallest absolute Gasteiger partial charge is 0.0234 e. The summed E-state index contributed by atoms with van der Waals surface area (Å²) >= 11 is 0. The van der Waals surface area contributed by atoms with Crippen LogP contribution in [0.5, 0.6) is 0 Å². The predicted molar refractivity (Wildman–Crippen MR) is 35.3 cm³/mol. The number of hydrogen-bond donors (Lipinski definition) is 0. The molecule has 8 heavy (non-hydrogen) atoms. The fourth-order valence-corrected chi connectivity index (χ4v) is 1.06. The molecule has 0 aromatic heterocycles. The van der Waals surface area contributed by atoms with Crippen LogP contribution in [0.1, 0.15) is 26.7 Å². The molecule has 0 nitrogen and oxygen atoms in total. The SMILES string of the molecule is CC#CC1CC1CC. The van der Waals surface area contributed by atoms with Crippen molar-refractivity contribution < 1.29 is 0 Å². The van der Waals surface area contributed by atoms with Gasteiger partial charge in [0, 0.05) is 5.92 Å². The van der Waals surface area contributed by atoms with Gasteiger partial charge in [-0.25, -0.2) is 0 Å². The highest BCUT2D eigenvalue weighted by Gasteiger charge is 2.33. The van der Waals surface area contributed by atoms with E-state index in [1.54, 1.807) is 0 Å². The van der Waals surface area contributed by atoms with E-state index >= 15 is 0 Å². The lowest BCUT2D eigenvalue weighted by Crippen LogP contribution is -1.72. The molecule has 1 rings (SSSR count). The van der Waals surface area contributed by atoms with Crippen LogP contribution in [0.4, 0.5) is 0 Å². The number of rotatable bonds is 1. The molecule has 0 aliphatic heterocycles. The van der Waals surface area contributed by atoms with Crippen LogP contribution < -0.4 is 0 Å². The standard InChI is InChI=1S/C8H12/c1-3-5-8-6-7(8)4-2/h7-8H,4,6H2,1-2H3. The van der Waals surface area contributed by atoms with Gasteiger partial charge < -0.3 is 0 Å². The number of hydrogen-bond acceptors (Lipinski definition) is 0. The zero-order valence-electron chi connectivity index (χ0n) is 5.57. The molecule has 0 N–H and O–H groups in total. The van der Waals surface area contributed by atoms with Gasteiger partial charge in [0.05, 0.1) is 0 Å². The Morgan fingerprint density at radius 1 is 1.62 bits per heavy atom.